The van der Waals surface area contributed by atoms with Crippen LogP contribution < -0.4 is 5.32 Å². The fraction of sp³-hybridized carbons (Fsp3) is 0.150. The molecule has 8 nitrogen and oxygen atoms in total. The number of aryl methyl sites for hydroxylation is 1. The van der Waals surface area contributed by atoms with Gasteiger partial charge in [0.15, 0.2) is 16.1 Å². The molecule has 1 aliphatic heterocycles. The van der Waals surface area contributed by atoms with Gasteiger partial charge in [0.1, 0.15) is 6.33 Å². The van der Waals surface area contributed by atoms with Crippen LogP contribution in [0.4, 0.5) is 0 Å². The SMILES string of the molecule is CNC1=CCn2c(nnc2Sc2ccnc3ccc(Sc4nncn4C)cc23)C=C1. The Bertz CT molecular complexity index is 1290. The van der Waals surface area contributed by atoms with Gasteiger partial charge in [0.05, 0.1) is 5.52 Å². The average Bonchev–Trinajstić information content (AvgIpc) is 3.27. The molecule has 0 saturated heterocycles. The summed E-state index contributed by atoms with van der Waals surface area (Å²) in [7, 11) is 3.85. The molecule has 4 heterocycles. The fourth-order valence-corrected chi connectivity index (χ4v) is 4.86. The lowest BCUT2D eigenvalue weighted by atomic mass is 10.2. The van der Waals surface area contributed by atoms with Crippen LogP contribution in [0.2, 0.25) is 0 Å². The molecule has 150 valence electrons. The third-order valence-corrected chi connectivity index (χ3v) is 6.80. The topological polar surface area (TPSA) is 86.3 Å². The number of allylic oxidation sites excluding steroid dienone is 2. The highest BCUT2D eigenvalue weighted by atomic mass is 32.2. The van der Waals surface area contributed by atoms with Gasteiger partial charge in [-0.3, -0.25) is 9.55 Å². The number of hydrogen-bond donors (Lipinski definition) is 1. The molecule has 0 aliphatic carbocycles. The van der Waals surface area contributed by atoms with Crippen LogP contribution in [0.25, 0.3) is 17.0 Å². The zero-order chi connectivity index (χ0) is 20.5. The second-order valence-corrected chi connectivity index (χ2v) is 8.66. The van der Waals surface area contributed by atoms with Crippen LogP contribution in [0.1, 0.15) is 5.82 Å². The van der Waals surface area contributed by atoms with Gasteiger partial charge in [-0.1, -0.05) is 0 Å². The van der Waals surface area contributed by atoms with Crippen molar-refractivity contribution in [1.82, 2.24) is 39.8 Å². The van der Waals surface area contributed by atoms with Gasteiger partial charge in [-0.15, -0.1) is 20.4 Å². The first-order valence-corrected chi connectivity index (χ1v) is 10.9. The Morgan fingerprint density at radius 3 is 2.80 bits per heavy atom. The van der Waals surface area contributed by atoms with Gasteiger partial charge in [-0.2, -0.15) is 0 Å². The Morgan fingerprint density at radius 1 is 1.03 bits per heavy atom. The number of pyridine rings is 1. The van der Waals surface area contributed by atoms with E-state index in [0.29, 0.717) is 6.54 Å². The van der Waals surface area contributed by atoms with Crippen LogP contribution in [0.15, 0.2) is 74.7 Å². The van der Waals surface area contributed by atoms with Crippen molar-refractivity contribution < 1.29 is 0 Å². The summed E-state index contributed by atoms with van der Waals surface area (Å²) in [4.78, 5) is 6.69. The molecule has 0 atom stereocenters. The number of nitrogens with zero attached hydrogens (tertiary/aromatic N) is 7. The fourth-order valence-electron chi connectivity index (χ4n) is 3.10. The Morgan fingerprint density at radius 2 is 1.97 bits per heavy atom. The van der Waals surface area contributed by atoms with Gasteiger partial charge in [0.2, 0.25) is 0 Å². The van der Waals surface area contributed by atoms with Crippen molar-refractivity contribution in [1.29, 1.82) is 0 Å². The molecule has 0 saturated carbocycles. The van der Waals surface area contributed by atoms with E-state index in [2.05, 4.69) is 53.5 Å². The summed E-state index contributed by atoms with van der Waals surface area (Å²) in [5.41, 5.74) is 2.01. The monoisotopic (exact) mass is 434 g/mol. The molecule has 0 fully saturated rings. The zero-order valence-corrected chi connectivity index (χ0v) is 18.0. The lowest BCUT2D eigenvalue weighted by molar-refractivity contribution is 0.715. The molecule has 10 heteroatoms. The molecule has 5 rings (SSSR count). The first-order chi connectivity index (χ1) is 14.7. The molecule has 1 aliphatic rings. The van der Waals surface area contributed by atoms with Crippen molar-refractivity contribution in [2.75, 3.05) is 7.05 Å². The molecule has 0 radical (unpaired) electrons. The second kappa shape index (κ2) is 7.96. The average molecular weight is 435 g/mol. The number of likely N-dealkylation sites (N-methyl/N-ethyl adjacent to an activating group) is 1. The van der Waals surface area contributed by atoms with E-state index in [-0.39, 0.29) is 0 Å². The minimum absolute atomic E-state index is 0.712. The van der Waals surface area contributed by atoms with Crippen LogP contribution in [0.5, 0.6) is 0 Å². The second-order valence-electron chi connectivity index (χ2n) is 6.61. The predicted molar refractivity (Wildman–Crippen MR) is 117 cm³/mol. The van der Waals surface area contributed by atoms with Crippen molar-refractivity contribution in [2.45, 2.75) is 26.6 Å². The standard InChI is InChI=1S/C20H18N8S2/c1-21-13-3-6-18-24-26-20(28(18)10-8-13)30-17-7-9-22-16-5-4-14(11-15(16)17)29-19-25-23-12-27(19)2/h3-9,11-12,21H,10H2,1-2H3. The summed E-state index contributed by atoms with van der Waals surface area (Å²) >= 11 is 3.18. The van der Waals surface area contributed by atoms with E-state index in [1.807, 2.05) is 49.1 Å². The molecule has 3 aromatic heterocycles. The van der Waals surface area contributed by atoms with Crippen LogP contribution in [0.3, 0.4) is 0 Å². The Labute approximate surface area is 181 Å². The maximum atomic E-state index is 4.52. The molecule has 0 bridgehead atoms. The molecule has 0 amide bonds. The molecule has 1 aromatic carbocycles. The van der Waals surface area contributed by atoms with Gasteiger partial charge in [0, 0.05) is 47.7 Å². The van der Waals surface area contributed by atoms with Gasteiger partial charge in [-0.05, 0) is 66.0 Å². The Kier molecular flexibility index (Phi) is 5.01. The van der Waals surface area contributed by atoms with Crippen molar-refractivity contribution in [3.05, 3.63) is 60.5 Å². The van der Waals surface area contributed by atoms with E-state index in [4.69, 9.17) is 0 Å². The van der Waals surface area contributed by atoms with Crippen LogP contribution in [0, 0.1) is 0 Å². The Hall–Kier alpha value is -3.11. The molecule has 4 aromatic rings. The number of fused-ring (bicyclic) bond motifs is 2. The maximum absolute atomic E-state index is 4.52. The molecular formula is C20H18N8S2. The van der Waals surface area contributed by atoms with E-state index < -0.39 is 0 Å². The minimum atomic E-state index is 0.712. The molecule has 30 heavy (non-hydrogen) atoms. The number of benzene rings is 1. The smallest absolute Gasteiger partial charge is 0.196 e. The summed E-state index contributed by atoms with van der Waals surface area (Å²) in [6.45, 7) is 0.712. The van der Waals surface area contributed by atoms with Crippen molar-refractivity contribution in [2.24, 2.45) is 7.05 Å². The largest absolute Gasteiger partial charge is 0.388 e. The molecule has 0 unspecified atom stereocenters. The highest BCUT2D eigenvalue weighted by Crippen LogP contribution is 2.35. The van der Waals surface area contributed by atoms with Gasteiger partial charge < -0.3 is 9.88 Å². The van der Waals surface area contributed by atoms with E-state index in [9.17, 15) is 0 Å². The van der Waals surface area contributed by atoms with Crippen molar-refractivity contribution in [3.63, 3.8) is 0 Å². The van der Waals surface area contributed by atoms with Crippen LogP contribution in [-0.2, 0) is 13.6 Å². The zero-order valence-electron chi connectivity index (χ0n) is 16.4. The molecule has 1 N–H and O–H groups in total. The summed E-state index contributed by atoms with van der Waals surface area (Å²) in [5, 5.41) is 22.8. The molecular weight excluding hydrogens is 416 g/mol. The number of nitrogens with one attached hydrogen (secondary N) is 1. The van der Waals surface area contributed by atoms with Crippen LogP contribution >= 0.6 is 23.5 Å². The van der Waals surface area contributed by atoms with Crippen LogP contribution in [-0.4, -0.2) is 41.6 Å². The van der Waals surface area contributed by atoms with E-state index in [0.717, 1.165) is 42.5 Å². The summed E-state index contributed by atoms with van der Waals surface area (Å²) in [6.07, 6.45) is 9.65. The number of rotatable bonds is 5. The maximum Gasteiger partial charge on any atom is 0.196 e. The molecule has 0 spiro atoms. The van der Waals surface area contributed by atoms with Crippen molar-refractivity contribution >= 4 is 40.5 Å². The highest BCUT2D eigenvalue weighted by molar-refractivity contribution is 7.99. The van der Waals surface area contributed by atoms with Crippen molar-refractivity contribution in [3.8, 4) is 0 Å². The predicted octanol–water partition coefficient (Wildman–Crippen LogP) is 3.39. The first kappa shape index (κ1) is 18.9. The Balaban J connectivity index is 1.49. The lowest BCUT2D eigenvalue weighted by Crippen LogP contribution is -2.04. The number of aromatic nitrogens is 7. The normalized spacial score (nSPS) is 13.2. The minimum Gasteiger partial charge on any atom is -0.388 e. The highest BCUT2D eigenvalue weighted by Gasteiger charge is 2.15. The first-order valence-electron chi connectivity index (χ1n) is 9.29. The van der Waals surface area contributed by atoms with E-state index in [1.165, 1.54) is 0 Å². The summed E-state index contributed by atoms with van der Waals surface area (Å²) < 4.78 is 4.01. The lowest BCUT2D eigenvalue weighted by Gasteiger charge is -2.09. The van der Waals surface area contributed by atoms with Gasteiger partial charge in [0.25, 0.3) is 0 Å². The van der Waals surface area contributed by atoms with Gasteiger partial charge >= 0.3 is 0 Å². The van der Waals surface area contributed by atoms with E-state index in [1.54, 1.807) is 29.9 Å². The summed E-state index contributed by atoms with van der Waals surface area (Å²) in [5.74, 6) is 0.843. The van der Waals surface area contributed by atoms with Gasteiger partial charge in [-0.25, -0.2) is 0 Å². The summed E-state index contributed by atoms with van der Waals surface area (Å²) in [6, 6.07) is 8.25. The third kappa shape index (κ3) is 3.59. The quantitative estimate of drug-likeness (QED) is 0.512. The number of hydrogen-bond acceptors (Lipinski definition) is 8. The van der Waals surface area contributed by atoms with E-state index >= 15 is 0 Å². The third-order valence-electron chi connectivity index (χ3n) is 4.69.